The van der Waals surface area contributed by atoms with Crippen molar-refractivity contribution in [3.05, 3.63) is 69.7 Å². The number of rotatable bonds is 5. The first-order valence-corrected chi connectivity index (χ1v) is 7.74. The fourth-order valence-electron chi connectivity index (χ4n) is 1.68. The van der Waals surface area contributed by atoms with Gasteiger partial charge in [-0.25, -0.2) is 0 Å². The lowest BCUT2D eigenvalue weighted by Crippen LogP contribution is -2.05. The average molecular weight is 360 g/mol. The van der Waals surface area contributed by atoms with Crippen LogP contribution in [0.15, 0.2) is 48.5 Å². The fraction of sp³-hybridized carbons (Fsp3) is 0.200. The molecule has 0 radical (unpaired) electrons. The van der Waals surface area contributed by atoms with Crippen LogP contribution in [-0.4, -0.2) is 5.33 Å². The molecule has 0 N–H and O–H groups in total. The van der Waals surface area contributed by atoms with Gasteiger partial charge in [0, 0.05) is 15.4 Å². The Bertz CT molecular complexity index is 511. The summed E-state index contributed by atoms with van der Waals surface area (Å²) in [5.41, 5.74) is 2.21. The van der Waals surface area contributed by atoms with E-state index in [9.17, 15) is 0 Å². The smallest absolute Gasteiger partial charge is 0.0926 e. The first-order valence-electron chi connectivity index (χ1n) is 5.86. The molecular weight excluding hydrogens is 347 g/mol. The van der Waals surface area contributed by atoms with Crippen molar-refractivity contribution in [2.75, 3.05) is 5.33 Å². The maximum absolute atomic E-state index is 5.91. The lowest BCUT2D eigenvalue weighted by molar-refractivity contribution is 0.0566. The zero-order chi connectivity index (χ0) is 13.7. The molecule has 1 unspecified atom stereocenters. The molecule has 2 rings (SSSR count). The van der Waals surface area contributed by atoms with E-state index in [1.165, 1.54) is 0 Å². The minimum absolute atomic E-state index is 0.00736. The number of ether oxygens (including phenoxy) is 1. The standard InChI is InChI=1S/C15H13BrCl2O/c16-9-15(12-3-7-14(18)8-4-12)19-10-11-1-5-13(17)6-2-11/h1-8,15H,9-10H2. The highest BCUT2D eigenvalue weighted by Gasteiger charge is 2.10. The quantitative estimate of drug-likeness (QED) is 0.627. The van der Waals surface area contributed by atoms with Crippen LogP contribution in [0.4, 0.5) is 0 Å². The Morgan fingerprint density at radius 3 is 1.95 bits per heavy atom. The Balaban J connectivity index is 1.99. The van der Waals surface area contributed by atoms with E-state index >= 15 is 0 Å². The molecule has 0 fully saturated rings. The van der Waals surface area contributed by atoms with E-state index in [0.29, 0.717) is 6.61 Å². The van der Waals surface area contributed by atoms with E-state index in [1.54, 1.807) is 0 Å². The first-order chi connectivity index (χ1) is 9.19. The maximum Gasteiger partial charge on any atom is 0.0926 e. The van der Waals surface area contributed by atoms with E-state index in [2.05, 4.69) is 15.9 Å². The van der Waals surface area contributed by atoms with Gasteiger partial charge in [-0.15, -0.1) is 0 Å². The average Bonchev–Trinajstić information content (AvgIpc) is 2.43. The van der Waals surface area contributed by atoms with Crippen molar-refractivity contribution < 1.29 is 4.74 Å². The summed E-state index contributed by atoms with van der Waals surface area (Å²) >= 11 is 15.2. The highest BCUT2D eigenvalue weighted by atomic mass is 79.9. The van der Waals surface area contributed by atoms with Gasteiger partial charge in [-0.3, -0.25) is 0 Å². The minimum Gasteiger partial charge on any atom is -0.368 e. The molecule has 0 bridgehead atoms. The summed E-state index contributed by atoms with van der Waals surface area (Å²) in [5.74, 6) is 0. The van der Waals surface area contributed by atoms with Gasteiger partial charge in [0.2, 0.25) is 0 Å². The van der Waals surface area contributed by atoms with E-state index in [-0.39, 0.29) is 6.10 Å². The second-order valence-electron chi connectivity index (χ2n) is 4.13. The largest absolute Gasteiger partial charge is 0.368 e. The SMILES string of the molecule is Clc1ccc(COC(CBr)c2ccc(Cl)cc2)cc1. The van der Waals surface area contributed by atoms with Crippen molar-refractivity contribution in [2.24, 2.45) is 0 Å². The molecule has 1 nitrogen and oxygen atoms in total. The summed E-state index contributed by atoms with van der Waals surface area (Å²) in [6.07, 6.45) is 0.00736. The van der Waals surface area contributed by atoms with Crippen LogP contribution in [0.1, 0.15) is 17.2 Å². The van der Waals surface area contributed by atoms with E-state index in [4.69, 9.17) is 27.9 Å². The van der Waals surface area contributed by atoms with E-state index < -0.39 is 0 Å². The maximum atomic E-state index is 5.91. The third-order valence-corrected chi connectivity index (χ3v) is 3.84. The van der Waals surface area contributed by atoms with Crippen molar-refractivity contribution in [3.8, 4) is 0 Å². The zero-order valence-corrected chi connectivity index (χ0v) is 13.3. The van der Waals surface area contributed by atoms with Gasteiger partial charge < -0.3 is 4.74 Å². The zero-order valence-electron chi connectivity index (χ0n) is 10.2. The van der Waals surface area contributed by atoms with Crippen LogP contribution in [-0.2, 0) is 11.3 Å². The second-order valence-corrected chi connectivity index (χ2v) is 5.65. The van der Waals surface area contributed by atoms with Gasteiger partial charge >= 0.3 is 0 Å². The van der Waals surface area contributed by atoms with Crippen LogP contribution in [0, 0.1) is 0 Å². The molecule has 2 aromatic carbocycles. The number of hydrogen-bond donors (Lipinski definition) is 0. The third-order valence-electron chi connectivity index (χ3n) is 2.75. The molecule has 0 aliphatic carbocycles. The molecule has 2 aromatic rings. The molecule has 0 aromatic heterocycles. The third kappa shape index (κ3) is 4.50. The molecule has 100 valence electrons. The normalized spacial score (nSPS) is 12.4. The highest BCUT2D eigenvalue weighted by Crippen LogP contribution is 2.23. The summed E-state index contributed by atoms with van der Waals surface area (Å²) in [6.45, 7) is 0.552. The summed E-state index contributed by atoms with van der Waals surface area (Å²) in [7, 11) is 0. The second kappa shape index (κ2) is 7.30. The Morgan fingerprint density at radius 2 is 1.42 bits per heavy atom. The minimum atomic E-state index is 0.00736. The predicted octanol–water partition coefficient (Wildman–Crippen LogP) is 5.65. The lowest BCUT2D eigenvalue weighted by Gasteiger charge is -2.16. The number of hydrogen-bond acceptors (Lipinski definition) is 1. The lowest BCUT2D eigenvalue weighted by atomic mass is 10.1. The number of halogens is 3. The van der Waals surface area contributed by atoms with E-state index in [1.807, 2.05) is 48.5 Å². The van der Waals surface area contributed by atoms with Gasteiger partial charge in [0.15, 0.2) is 0 Å². The van der Waals surface area contributed by atoms with Crippen LogP contribution < -0.4 is 0 Å². The molecule has 4 heteroatoms. The van der Waals surface area contributed by atoms with Gasteiger partial charge in [0.1, 0.15) is 0 Å². The van der Waals surface area contributed by atoms with Gasteiger partial charge in [-0.1, -0.05) is 63.4 Å². The Labute approximate surface area is 131 Å². The van der Waals surface area contributed by atoms with Crippen LogP contribution >= 0.6 is 39.1 Å². The van der Waals surface area contributed by atoms with Crippen molar-refractivity contribution >= 4 is 39.1 Å². The Morgan fingerprint density at radius 1 is 0.895 bits per heavy atom. The fourth-order valence-corrected chi connectivity index (χ4v) is 2.50. The molecule has 19 heavy (non-hydrogen) atoms. The van der Waals surface area contributed by atoms with Crippen molar-refractivity contribution in [1.29, 1.82) is 0 Å². The highest BCUT2D eigenvalue weighted by molar-refractivity contribution is 9.09. The van der Waals surface area contributed by atoms with Crippen LogP contribution in [0.5, 0.6) is 0 Å². The topological polar surface area (TPSA) is 9.23 Å². The van der Waals surface area contributed by atoms with Crippen LogP contribution in [0.25, 0.3) is 0 Å². The molecule has 1 atom stereocenters. The number of benzene rings is 2. The first kappa shape index (κ1) is 14.9. The molecule has 0 aliphatic heterocycles. The molecule has 0 spiro atoms. The van der Waals surface area contributed by atoms with Crippen LogP contribution in [0.3, 0.4) is 0 Å². The van der Waals surface area contributed by atoms with Crippen LogP contribution in [0.2, 0.25) is 10.0 Å². The summed E-state index contributed by atoms with van der Waals surface area (Å²) in [6, 6.07) is 15.4. The molecule has 0 saturated carbocycles. The van der Waals surface area contributed by atoms with E-state index in [0.717, 1.165) is 26.5 Å². The van der Waals surface area contributed by atoms with Crippen molar-refractivity contribution in [3.63, 3.8) is 0 Å². The molecule has 0 aliphatic rings. The van der Waals surface area contributed by atoms with Gasteiger partial charge in [0.25, 0.3) is 0 Å². The van der Waals surface area contributed by atoms with Crippen molar-refractivity contribution in [1.82, 2.24) is 0 Å². The van der Waals surface area contributed by atoms with Gasteiger partial charge in [-0.2, -0.15) is 0 Å². The number of alkyl halides is 1. The molecular formula is C15H13BrCl2O. The summed E-state index contributed by atoms with van der Waals surface area (Å²) in [4.78, 5) is 0. The molecule has 0 amide bonds. The monoisotopic (exact) mass is 358 g/mol. The molecule has 0 heterocycles. The molecule has 0 saturated heterocycles. The Kier molecular flexibility index (Phi) is 5.71. The van der Waals surface area contributed by atoms with Gasteiger partial charge in [0.05, 0.1) is 12.7 Å². The summed E-state index contributed by atoms with van der Waals surface area (Å²) < 4.78 is 5.91. The summed E-state index contributed by atoms with van der Waals surface area (Å²) in [5, 5.41) is 2.20. The van der Waals surface area contributed by atoms with Crippen molar-refractivity contribution in [2.45, 2.75) is 12.7 Å². The predicted molar refractivity (Wildman–Crippen MR) is 84.2 cm³/mol. The van der Waals surface area contributed by atoms with Gasteiger partial charge in [-0.05, 0) is 35.4 Å². The Hall–Kier alpha value is -0.540.